The Morgan fingerprint density at radius 2 is 2.18 bits per heavy atom. The molecule has 6 nitrogen and oxygen atoms in total. The van der Waals surface area contributed by atoms with Gasteiger partial charge >= 0.3 is 5.97 Å². The first kappa shape index (κ1) is 13.2. The van der Waals surface area contributed by atoms with Crippen LogP contribution in [-0.2, 0) is 23.1 Å². The number of rotatable bonds is 5. The van der Waals surface area contributed by atoms with Crippen molar-refractivity contribution < 1.29 is 14.7 Å². The fraction of sp³-hybridized carbons (Fsp3) is 0.545. The van der Waals surface area contributed by atoms with E-state index in [1.165, 1.54) is 13.8 Å². The maximum absolute atomic E-state index is 11.6. The highest BCUT2D eigenvalue weighted by Gasteiger charge is 2.35. The molecule has 1 heterocycles. The first-order valence-corrected chi connectivity index (χ1v) is 5.34. The van der Waals surface area contributed by atoms with Gasteiger partial charge in [-0.2, -0.15) is 5.10 Å². The van der Waals surface area contributed by atoms with Crippen LogP contribution in [0.3, 0.4) is 0 Å². The molecule has 2 N–H and O–H groups in total. The largest absolute Gasteiger partial charge is 0.480 e. The van der Waals surface area contributed by atoms with Crippen LogP contribution in [0.5, 0.6) is 0 Å². The third kappa shape index (κ3) is 3.30. The van der Waals surface area contributed by atoms with Crippen molar-refractivity contribution in [3.05, 3.63) is 18.0 Å². The lowest BCUT2D eigenvalue weighted by atomic mass is 9.93. The molecular weight excluding hydrogens is 222 g/mol. The smallest absolute Gasteiger partial charge is 0.318 e. The Morgan fingerprint density at radius 1 is 1.53 bits per heavy atom. The molecule has 0 aliphatic carbocycles. The number of hydrogen-bond acceptors (Lipinski definition) is 3. The van der Waals surface area contributed by atoms with Crippen LogP contribution in [-0.4, -0.2) is 33.3 Å². The third-order valence-electron chi connectivity index (χ3n) is 2.54. The van der Waals surface area contributed by atoms with E-state index in [2.05, 4.69) is 10.4 Å². The minimum atomic E-state index is -1.40. The maximum atomic E-state index is 11.6. The summed E-state index contributed by atoms with van der Waals surface area (Å²) in [6.45, 7) is 3.14. The number of carbonyl (C=O) groups is 2. The van der Waals surface area contributed by atoms with Crippen LogP contribution in [0.1, 0.15) is 19.5 Å². The Hall–Kier alpha value is -1.85. The van der Waals surface area contributed by atoms with Crippen LogP contribution in [0.15, 0.2) is 12.3 Å². The minimum Gasteiger partial charge on any atom is -0.480 e. The molecule has 0 unspecified atom stereocenters. The summed E-state index contributed by atoms with van der Waals surface area (Å²) in [5.41, 5.74) is -0.537. The molecule has 17 heavy (non-hydrogen) atoms. The topological polar surface area (TPSA) is 84.2 Å². The van der Waals surface area contributed by atoms with Crippen LogP contribution in [0.4, 0.5) is 0 Å². The van der Waals surface area contributed by atoms with E-state index >= 15 is 0 Å². The number of aryl methyl sites for hydroxylation is 1. The molecule has 6 heteroatoms. The van der Waals surface area contributed by atoms with Gasteiger partial charge in [-0.1, -0.05) is 0 Å². The molecule has 0 spiro atoms. The molecule has 1 rings (SSSR count). The zero-order chi connectivity index (χ0) is 13.1. The lowest BCUT2D eigenvalue weighted by Gasteiger charge is -2.17. The van der Waals surface area contributed by atoms with Crippen LogP contribution in [0.25, 0.3) is 0 Å². The van der Waals surface area contributed by atoms with Gasteiger partial charge in [-0.3, -0.25) is 14.3 Å². The maximum Gasteiger partial charge on any atom is 0.318 e. The molecule has 0 saturated carbocycles. The first-order chi connectivity index (χ1) is 7.84. The molecule has 0 atom stereocenters. The van der Waals surface area contributed by atoms with Crippen molar-refractivity contribution in [1.29, 1.82) is 0 Å². The number of aliphatic carboxylic acids is 1. The molecule has 1 amide bonds. The van der Waals surface area contributed by atoms with E-state index < -0.39 is 17.3 Å². The number of carbonyl (C=O) groups excluding carboxylic acids is 1. The SMILES string of the molecule is Cn1ccc(CCNC(=O)C(C)(C)C(=O)O)n1. The van der Waals surface area contributed by atoms with Crippen molar-refractivity contribution in [1.82, 2.24) is 15.1 Å². The van der Waals surface area contributed by atoms with Gasteiger partial charge in [0.2, 0.25) is 5.91 Å². The Kier molecular flexibility index (Phi) is 3.88. The summed E-state index contributed by atoms with van der Waals surface area (Å²) in [5.74, 6) is -1.62. The van der Waals surface area contributed by atoms with Gasteiger partial charge in [0.15, 0.2) is 0 Å². The molecule has 0 bridgehead atoms. The van der Waals surface area contributed by atoms with E-state index in [4.69, 9.17) is 5.11 Å². The zero-order valence-electron chi connectivity index (χ0n) is 10.2. The number of amides is 1. The van der Waals surface area contributed by atoms with E-state index in [1.54, 1.807) is 4.68 Å². The van der Waals surface area contributed by atoms with Crippen molar-refractivity contribution >= 4 is 11.9 Å². The molecule has 0 radical (unpaired) electrons. The Labute approximate surface area is 99.6 Å². The Balaban J connectivity index is 2.42. The second-order valence-electron chi connectivity index (χ2n) is 4.42. The highest BCUT2D eigenvalue weighted by molar-refractivity contribution is 6.00. The van der Waals surface area contributed by atoms with Crippen molar-refractivity contribution in [3.8, 4) is 0 Å². The predicted octanol–water partition coefficient (Wildman–Crippen LogP) is 0.190. The molecule has 94 valence electrons. The van der Waals surface area contributed by atoms with E-state index in [1.807, 2.05) is 19.3 Å². The van der Waals surface area contributed by atoms with Crippen LogP contribution < -0.4 is 5.32 Å². The molecule has 0 aromatic carbocycles. The van der Waals surface area contributed by atoms with Crippen LogP contribution >= 0.6 is 0 Å². The Bertz CT molecular complexity index is 423. The van der Waals surface area contributed by atoms with Gasteiger partial charge in [-0.05, 0) is 19.9 Å². The van der Waals surface area contributed by atoms with E-state index in [9.17, 15) is 9.59 Å². The average Bonchev–Trinajstić information content (AvgIpc) is 2.63. The van der Waals surface area contributed by atoms with Crippen LogP contribution in [0, 0.1) is 5.41 Å². The molecule has 0 aliphatic rings. The Morgan fingerprint density at radius 3 is 2.65 bits per heavy atom. The van der Waals surface area contributed by atoms with Gasteiger partial charge in [-0.15, -0.1) is 0 Å². The fourth-order valence-corrected chi connectivity index (χ4v) is 1.22. The highest BCUT2D eigenvalue weighted by atomic mass is 16.4. The second kappa shape index (κ2) is 4.99. The van der Waals surface area contributed by atoms with Gasteiger partial charge in [-0.25, -0.2) is 0 Å². The summed E-state index contributed by atoms with van der Waals surface area (Å²) >= 11 is 0. The summed E-state index contributed by atoms with van der Waals surface area (Å²) < 4.78 is 1.68. The quantitative estimate of drug-likeness (QED) is 0.718. The zero-order valence-corrected chi connectivity index (χ0v) is 10.2. The number of nitrogens with one attached hydrogen (secondary N) is 1. The van der Waals surface area contributed by atoms with Gasteiger partial charge < -0.3 is 10.4 Å². The summed E-state index contributed by atoms with van der Waals surface area (Å²) in [4.78, 5) is 22.4. The lowest BCUT2D eigenvalue weighted by Crippen LogP contribution is -2.43. The van der Waals surface area contributed by atoms with E-state index in [0.29, 0.717) is 13.0 Å². The van der Waals surface area contributed by atoms with Crippen LogP contribution in [0.2, 0.25) is 0 Å². The van der Waals surface area contributed by atoms with E-state index in [-0.39, 0.29) is 0 Å². The van der Waals surface area contributed by atoms with Crippen molar-refractivity contribution in [3.63, 3.8) is 0 Å². The summed E-state index contributed by atoms with van der Waals surface area (Å²) in [7, 11) is 1.82. The van der Waals surface area contributed by atoms with Gasteiger partial charge in [0, 0.05) is 26.2 Å². The predicted molar refractivity (Wildman–Crippen MR) is 61.3 cm³/mol. The van der Waals surface area contributed by atoms with Crippen molar-refractivity contribution in [2.24, 2.45) is 12.5 Å². The molecule has 1 aromatic heterocycles. The second-order valence-corrected chi connectivity index (χ2v) is 4.42. The monoisotopic (exact) mass is 239 g/mol. The molecule has 0 saturated heterocycles. The van der Waals surface area contributed by atoms with Crippen molar-refractivity contribution in [2.75, 3.05) is 6.54 Å². The number of nitrogens with zero attached hydrogens (tertiary/aromatic N) is 2. The molecule has 0 fully saturated rings. The first-order valence-electron chi connectivity index (χ1n) is 5.34. The lowest BCUT2D eigenvalue weighted by molar-refractivity contribution is -0.153. The van der Waals surface area contributed by atoms with Gasteiger partial charge in [0.25, 0.3) is 0 Å². The summed E-state index contributed by atoms with van der Waals surface area (Å²) in [6, 6.07) is 1.86. The number of hydrogen-bond donors (Lipinski definition) is 2. The summed E-state index contributed by atoms with van der Waals surface area (Å²) in [5, 5.41) is 15.6. The summed E-state index contributed by atoms with van der Waals surface area (Å²) in [6.07, 6.45) is 2.40. The normalized spacial score (nSPS) is 11.2. The minimum absolute atomic E-state index is 0.382. The standard InChI is InChI=1S/C11H17N3O3/c1-11(2,10(16)17)9(15)12-6-4-8-5-7-14(3)13-8/h5,7H,4,6H2,1-3H3,(H,12,15)(H,16,17). The van der Waals surface area contributed by atoms with Crippen molar-refractivity contribution in [2.45, 2.75) is 20.3 Å². The number of carboxylic acids is 1. The number of carboxylic acid groups (broad SMARTS) is 1. The highest BCUT2D eigenvalue weighted by Crippen LogP contribution is 2.14. The van der Waals surface area contributed by atoms with E-state index in [0.717, 1.165) is 5.69 Å². The fourth-order valence-electron chi connectivity index (χ4n) is 1.22. The molecule has 0 aliphatic heterocycles. The molecule has 1 aromatic rings. The third-order valence-corrected chi connectivity index (χ3v) is 2.54. The van der Waals surface area contributed by atoms with Gasteiger partial charge in [0.05, 0.1) is 5.69 Å². The number of aromatic nitrogens is 2. The average molecular weight is 239 g/mol. The van der Waals surface area contributed by atoms with Gasteiger partial charge in [0.1, 0.15) is 5.41 Å². The molecular formula is C11H17N3O3.